The molecule has 0 spiro atoms. The van der Waals surface area contributed by atoms with E-state index in [1.54, 1.807) is 7.11 Å². The van der Waals surface area contributed by atoms with E-state index in [-0.39, 0.29) is 6.10 Å². The van der Waals surface area contributed by atoms with Gasteiger partial charge in [-0.2, -0.15) is 5.26 Å². The number of hydrogen-bond donors (Lipinski definition) is 1. The highest BCUT2D eigenvalue weighted by Crippen LogP contribution is 2.47. The minimum atomic E-state index is -1.05. The second kappa shape index (κ2) is 4.93. The Morgan fingerprint density at radius 3 is 2.76 bits per heavy atom. The second-order valence-electron chi connectivity index (χ2n) is 5.24. The van der Waals surface area contributed by atoms with Gasteiger partial charge < -0.3 is 14.6 Å². The van der Waals surface area contributed by atoms with E-state index < -0.39 is 11.0 Å². The van der Waals surface area contributed by atoms with Gasteiger partial charge in [0.25, 0.3) is 0 Å². The van der Waals surface area contributed by atoms with Crippen LogP contribution in [-0.2, 0) is 9.47 Å². The van der Waals surface area contributed by atoms with E-state index in [1.807, 2.05) is 0 Å². The predicted molar refractivity (Wildman–Crippen MR) is 62.3 cm³/mol. The van der Waals surface area contributed by atoms with Gasteiger partial charge in [-0.3, -0.25) is 0 Å². The highest BCUT2D eigenvalue weighted by atomic mass is 16.5. The fraction of sp³-hybridized carbons (Fsp3) is 0.923. The van der Waals surface area contributed by atoms with Gasteiger partial charge in [0.05, 0.1) is 18.8 Å². The highest BCUT2D eigenvalue weighted by Gasteiger charge is 2.57. The van der Waals surface area contributed by atoms with E-state index in [1.165, 1.54) is 0 Å². The average Bonchev–Trinajstić information content (AvgIpc) is 2.40. The Kier molecular flexibility index (Phi) is 3.72. The van der Waals surface area contributed by atoms with Crippen LogP contribution in [-0.4, -0.2) is 37.1 Å². The van der Waals surface area contributed by atoms with Crippen LogP contribution in [0.5, 0.6) is 0 Å². The molecule has 1 saturated carbocycles. The first kappa shape index (κ1) is 12.8. The molecular weight excluding hydrogens is 218 g/mol. The van der Waals surface area contributed by atoms with Gasteiger partial charge >= 0.3 is 0 Å². The molecule has 4 heteroatoms. The van der Waals surface area contributed by atoms with E-state index in [4.69, 9.17) is 9.47 Å². The molecule has 1 aliphatic carbocycles. The average molecular weight is 239 g/mol. The first-order valence-electron chi connectivity index (χ1n) is 6.43. The molecule has 0 aromatic rings. The molecule has 0 radical (unpaired) electrons. The van der Waals surface area contributed by atoms with Crippen LogP contribution in [0.4, 0.5) is 0 Å². The number of nitrogens with zero attached hydrogens (tertiary/aromatic N) is 1. The molecule has 0 bridgehead atoms. The summed E-state index contributed by atoms with van der Waals surface area (Å²) in [6.07, 6.45) is 4.80. The SMILES string of the molecule is COC1CCCCC1(O)C1(C#N)CCCOC1. The molecule has 1 N–H and O–H groups in total. The Hall–Kier alpha value is -0.630. The quantitative estimate of drug-likeness (QED) is 0.795. The molecule has 2 rings (SSSR count). The summed E-state index contributed by atoms with van der Waals surface area (Å²) in [5.74, 6) is 0. The lowest BCUT2D eigenvalue weighted by molar-refractivity contribution is -0.198. The van der Waals surface area contributed by atoms with Crippen LogP contribution in [0, 0.1) is 16.7 Å². The first-order chi connectivity index (χ1) is 8.18. The molecule has 4 nitrogen and oxygen atoms in total. The largest absolute Gasteiger partial charge is 0.385 e. The van der Waals surface area contributed by atoms with Crippen LogP contribution in [0.25, 0.3) is 0 Å². The van der Waals surface area contributed by atoms with Crippen molar-refractivity contribution in [3.05, 3.63) is 0 Å². The summed E-state index contributed by atoms with van der Waals surface area (Å²) in [6.45, 7) is 1.02. The third-order valence-electron chi connectivity index (χ3n) is 4.37. The Morgan fingerprint density at radius 2 is 2.18 bits per heavy atom. The molecule has 3 atom stereocenters. The number of nitriles is 1. The van der Waals surface area contributed by atoms with Crippen molar-refractivity contribution in [2.24, 2.45) is 5.41 Å². The summed E-state index contributed by atoms with van der Waals surface area (Å²) in [4.78, 5) is 0. The molecule has 3 unspecified atom stereocenters. The molecule has 2 fully saturated rings. The molecule has 1 saturated heterocycles. The van der Waals surface area contributed by atoms with Gasteiger partial charge in [0, 0.05) is 13.7 Å². The molecule has 1 heterocycles. The number of methoxy groups -OCH3 is 1. The van der Waals surface area contributed by atoms with Gasteiger partial charge in [-0.25, -0.2) is 0 Å². The second-order valence-corrected chi connectivity index (χ2v) is 5.24. The predicted octanol–water partition coefficient (Wildman–Crippen LogP) is 1.63. The van der Waals surface area contributed by atoms with E-state index in [9.17, 15) is 10.4 Å². The molecule has 1 aliphatic heterocycles. The lowest BCUT2D eigenvalue weighted by Gasteiger charge is -2.50. The summed E-state index contributed by atoms with van der Waals surface area (Å²) in [5, 5.41) is 20.5. The zero-order valence-corrected chi connectivity index (χ0v) is 10.4. The van der Waals surface area contributed by atoms with Crippen molar-refractivity contribution in [1.82, 2.24) is 0 Å². The van der Waals surface area contributed by atoms with Crippen LogP contribution in [0.1, 0.15) is 38.5 Å². The van der Waals surface area contributed by atoms with Gasteiger partial charge in [0.2, 0.25) is 0 Å². The molecule has 0 amide bonds. The minimum absolute atomic E-state index is 0.238. The molecule has 0 aromatic heterocycles. The van der Waals surface area contributed by atoms with E-state index in [0.717, 1.165) is 25.7 Å². The van der Waals surface area contributed by atoms with Crippen molar-refractivity contribution in [3.8, 4) is 6.07 Å². The van der Waals surface area contributed by atoms with Crippen LogP contribution < -0.4 is 0 Å². The number of aliphatic hydroxyl groups is 1. The van der Waals surface area contributed by atoms with Crippen LogP contribution >= 0.6 is 0 Å². The van der Waals surface area contributed by atoms with Gasteiger partial charge in [-0.05, 0) is 25.7 Å². The smallest absolute Gasteiger partial charge is 0.112 e. The van der Waals surface area contributed by atoms with Crippen molar-refractivity contribution < 1.29 is 14.6 Å². The van der Waals surface area contributed by atoms with Gasteiger partial charge in [-0.1, -0.05) is 12.8 Å². The molecule has 0 aromatic carbocycles. The summed E-state index contributed by atoms with van der Waals surface area (Å²) in [5.41, 5.74) is -1.83. The fourth-order valence-corrected chi connectivity index (χ4v) is 3.31. The van der Waals surface area contributed by atoms with Crippen molar-refractivity contribution in [2.75, 3.05) is 20.3 Å². The molecule has 17 heavy (non-hydrogen) atoms. The summed E-state index contributed by atoms with van der Waals surface area (Å²) < 4.78 is 10.9. The van der Waals surface area contributed by atoms with Crippen molar-refractivity contribution >= 4 is 0 Å². The monoisotopic (exact) mass is 239 g/mol. The van der Waals surface area contributed by atoms with Crippen LogP contribution in [0.2, 0.25) is 0 Å². The molecule has 96 valence electrons. The zero-order valence-electron chi connectivity index (χ0n) is 10.4. The lowest BCUT2D eigenvalue weighted by atomic mass is 9.62. The minimum Gasteiger partial charge on any atom is -0.385 e. The Bertz CT molecular complexity index is 306. The topological polar surface area (TPSA) is 62.5 Å². The Labute approximate surface area is 103 Å². The summed E-state index contributed by atoms with van der Waals surface area (Å²) in [7, 11) is 1.62. The highest BCUT2D eigenvalue weighted by molar-refractivity contribution is 5.16. The molecular formula is C13H21NO3. The molecule has 2 aliphatic rings. The van der Waals surface area contributed by atoms with Gasteiger partial charge in [0.15, 0.2) is 0 Å². The number of rotatable bonds is 2. The van der Waals surface area contributed by atoms with E-state index in [2.05, 4.69) is 6.07 Å². The summed E-state index contributed by atoms with van der Waals surface area (Å²) >= 11 is 0. The third kappa shape index (κ3) is 1.97. The first-order valence-corrected chi connectivity index (χ1v) is 6.43. The maximum Gasteiger partial charge on any atom is 0.112 e. The van der Waals surface area contributed by atoms with Gasteiger partial charge in [-0.15, -0.1) is 0 Å². The van der Waals surface area contributed by atoms with Crippen molar-refractivity contribution in [1.29, 1.82) is 5.26 Å². The zero-order chi connectivity index (χ0) is 12.4. The lowest BCUT2D eigenvalue weighted by Crippen LogP contribution is -2.60. The Balaban J connectivity index is 2.29. The standard InChI is InChI=1S/C13H21NO3/c1-16-11-5-2-3-7-13(11,15)12(9-14)6-4-8-17-10-12/h11,15H,2-8,10H2,1H3. The maximum absolute atomic E-state index is 11.0. The Morgan fingerprint density at radius 1 is 1.35 bits per heavy atom. The van der Waals surface area contributed by atoms with Crippen molar-refractivity contribution in [2.45, 2.75) is 50.2 Å². The van der Waals surface area contributed by atoms with Crippen LogP contribution in [0.15, 0.2) is 0 Å². The normalized spacial score (nSPS) is 43.0. The fourth-order valence-electron chi connectivity index (χ4n) is 3.31. The number of ether oxygens (including phenoxy) is 2. The van der Waals surface area contributed by atoms with Gasteiger partial charge in [0.1, 0.15) is 11.0 Å². The van der Waals surface area contributed by atoms with E-state index >= 15 is 0 Å². The van der Waals surface area contributed by atoms with E-state index in [0.29, 0.717) is 26.1 Å². The number of hydrogen-bond acceptors (Lipinski definition) is 4. The maximum atomic E-state index is 11.0. The van der Waals surface area contributed by atoms with Crippen molar-refractivity contribution in [3.63, 3.8) is 0 Å². The third-order valence-corrected chi connectivity index (χ3v) is 4.37. The summed E-state index contributed by atoms with van der Waals surface area (Å²) in [6, 6.07) is 2.34. The van der Waals surface area contributed by atoms with Crippen LogP contribution in [0.3, 0.4) is 0 Å².